The third kappa shape index (κ3) is 4.99. The highest BCUT2D eigenvalue weighted by molar-refractivity contribution is 5.47. The zero-order valence-corrected chi connectivity index (χ0v) is 10.8. The van der Waals surface area contributed by atoms with Gasteiger partial charge in [0.2, 0.25) is 0 Å². The molecular weight excluding hydrogens is 214 g/mol. The first-order valence-electron chi connectivity index (χ1n) is 6.25. The van der Waals surface area contributed by atoms with Gasteiger partial charge >= 0.3 is 0 Å². The lowest BCUT2D eigenvalue weighted by molar-refractivity contribution is 0.784. The van der Waals surface area contributed by atoms with Crippen LogP contribution in [-0.4, -0.2) is 36.6 Å². The predicted molar refractivity (Wildman–Crippen MR) is 72.4 cm³/mol. The normalized spacial score (nSPS) is 10.3. The minimum atomic E-state index is 0.705. The van der Waals surface area contributed by atoms with E-state index in [2.05, 4.69) is 27.1 Å². The molecule has 5 nitrogen and oxygen atoms in total. The van der Waals surface area contributed by atoms with Crippen LogP contribution in [0.15, 0.2) is 12.4 Å². The fourth-order valence-electron chi connectivity index (χ4n) is 1.49. The van der Waals surface area contributed by atoms with E-state index in [0.717, 1.165) is 37.6 Å². The Labute approximate surface area is 103 Å². The van der Waals surface area contributed by atoms with Gasteiger partial charge in [0.25, 0.3) is 0 Å². The van der Waals surface area contributed by atoms with Gasteiger partial charge in [0.1, 0.15) is 18.0 Å². The van der Waals surface area contributed by atoms with E-state index in [4.69, 9.17) is 5.73 Å². The lowest BCUT2D eigenvalue weighted by Crippen LogP contribution is -2.22. The maximum absolute atomic E-state index is 5.49. The van der Waals surface area contributed by atoms with Crippen LogP contribution in [0.4, 0.5) is 11.6 Å². The molecular formula is C12H23N5. The predicted octanol–water partition coefficient (Wildman–Crippen LogP) is 1.47. The first kappa shape index (κ1) is 13.7. The van der Waals surface area contributed by atoms with Crippen LogP contribution in [0.2, 0.25) is 0 Å². The smallest absolute Gasteiger partial charge is 0.133 e. The summed E-state index contributed by atoms with van der Waals surface area (Å²) in [6, 6.07) is 1.98. The second kappa shape index (κ2) is 7.84. The molecule has 0 aliphatic heterocycles. The Morgan fingerprint density at radius 2 is 2.18 bits per heavy atom. The summed E-state index contributed by atoms with van der Waals surface area (Å²) >= 11 is 0. The van der Waals surface area contributed by atoms with Gasteiger partial charge in [-0.05, 0) is 19.4 Å². The number of aromatic nitrogens is 2. The first-order valence-corrected chi connectivity index (χ1v) is 6.25. The van der Waals surface area contributed by atoms with Crippen molar-refractivity contribution in [2.45, 2.75) is 26.2 Å². The summed E-state index contributed by atoms with van der Waals surface area (Å²) in [7, 11) is 2.02. The van der Waals surface area contributed by atoms with E-state index in [-0.39, 0.29) is 0 Å². The van der Waals surface area contributed by atoms with Crippen molar-refractivity contribution in [3.63, 3.8) is 0 Å². The molecule has 0 amide bonds. The lowest BCUT2D eigenvalue weighted by atomic mass is 10.3. The first-order chi connectivity index (χ1) is 8.27. The minimum Gasteiger partial charge on any atom is -0.370 e. The van der Waals surface area contributed by atoms with Crippen LogP contribution in [-0.2, 0) is 0 Å². The van der Waals surface area contributed by atoms with Gasteiger partial charge < -0.3 is 16.0 Å². The minimum absolute atomic E-state index is 0.705. The number of hydrogen-bond donors (Lipinski definition) is 2. The molecule has 1 aromatic rings. The third-order valence-electron chi connectivity index (χ3n) is 2.58. The highest BCUT2D eigenvalue weighted by atomic mass is 15.2. The SMILES string of the molecule is CCCCNc1cc(N(C)CCCN)ncn1. The van der Waals surface area contributed by atoms with Crippen LogP contribution in [0.5, 0.6) is 0 Å². The highest BCUT2D eigenvalue weighted by Gasteiger charge is 2.03. The number of nitrogens with two attached hydrogens (primary N) is 1. The lowest BCUT2D eigenvalue weighted by Gasteiger charge is -2.18. The Kier molecular flexibility index (Phi) is 6.32. The Morgan fingerprint density at radius 3 is 2.88 bits per heavy atom. The zero-order valence-electron chi connectivity index (χ0n) is 10.8. The molecule has 0 bridgehead atoms. The van der Waals surface area contributed by atoms with Gasteiger partial charge in [-0.1, -0.05) is 13.3 Å². The summed E-state index contributed by atoms with van der Waals surface area (Å²) in [5.74, 6) is 1.83. The third-order valence-corrected chi connectivity index (χ3v) is 2.58. The maximum Gasteiger partial charge on any atom is 0.133 e. The van der Waals surface area contributed by atoms with E-state index >= 15 is 0 Å². The average molecular weight is 237 g/mol. The van der Waals surface area contributed by atoms with E-state index < -0.39 is 0 Å². The van der Waals surface area contributed by atoms with Crippen molar-refractivity contribution < 1.29 is 0 Å². The van der Waals surface area contributed by atoms with Crippen molar-refractivity contribution in [2.75, 3.05) is 36.9 Å². The molecule has 0 aromatic carbocycles. The molecule has 96 valence electrons. The number of nitrogens with one attached hydrogen (secondary N) is 1. The van der Waals surface area contributed by atoms with Gasteiger partial charge in [-0.15, -0.1) is 0 Å². The molecule has 0 fully saturated rings. The molecule has 0 saturated carbocycles. The summed E-state index contributed by atoms with van der Waals surface area (Å²) in [6.45, 7) is 4.76. The van der Waals surface area contributed by atoms with Gasteiger partial charge in [0, 0.05) is 26.2 Å². The largest absolute Gasteiger partial charge is 0.370 e. The monoisotopic (exact) mass is 237 g/mol. The number of nitrogens with zero attached hydrogens (tertiary/aromatic N) is 3. The van der Waals surface area contributed by atoms with Crippen LogP contribution >= 0.6 is 0 Å². The summed E-state index contributed by atoms with van der Waals surface area (Å²) in [4.78, 5) is 10.6. The second-order valence-electron chi connectivity index (χ2n) is 4.11. The molecule has 0 aliphatic carbocycles. The highest BCUT2D eigenvalue weighted by Crippen LogP contribution is 2.12. The molecule has 0 spiro atoms. The fourth-order valence-corrected chi connectivity index (χ4v) is 1.49. The molecule has 0 atom stereocenters. The number of anilines is 2. The summed E-state index contributed by atoms with van der Waals surface area (Å²) in [5.41, 5.74) is 5.49. The Bertz CT molecular complexity index is 316. The van der Waals surface area contributed by atoms with Crippen molar-refractivity contribution in [1.29, 1.82) is 0 Å². The van der Waals surface area contributed by atoms with E-state index in [0.29, 0.717) is 6.54 Å². The van der Waals surface area contributed by atoms with Crippen LogP contribution in [0.3, 0.4) is 0 Å². The number of unbranched alkanes of at least 4 members (excludes halogenated alkanes) is 1. The molecule has 0 unspecified atom stereocenters. The van der Waals surface area contributed by atoms with Crippen LogP contribution < -0.4 is 16.0 Å². The Hall–Kier alpha value is -1.36. The molecule has 1 heterocycles. The quantitative estimate of drug-likeness (QED) is 0.670. The Morgan fingerprint density at radius 1 is 1.35 bits per heavy atom. The van der Waals surface area contributed by atoms with E-state index in [1.807, 2.05) is 13.1 Å². The van der Waals surface area contributed by atoms with Crippen molar-refractivity contribution in [3.8, 4) is 0 Å². The molecule has 5 heteroatoms. The standard InChI is InChI=1S/C12H23N5/c1-3-4-7-14-11-9-12(16-10-15-11)17(2)8-5-6-13/h9-10H,3-8,13H2,1-2H3,(H,14,15,16). The zero-order chi connectivity index (χ0) is 12.5. The van der Waals surface area contributed by atoms with Crippen molar-refractivity contribution in [2.24, 2.45) is 5.73 Å². The Balaban J connectivity index is 2.52. The van der Waals surface area contributed by atoms with Crippen LogP contribution in [0, 0.1) is 0 Å². The number of hydrogen-bond acceptors (Lipinski definition) is 5. The van der Waals surface area contributed by atoms with Crippen molar-refractivity contribution >= 4 is 11.6 Å². The van der Waals surface area contributed by atoms with E-state index in [1.54, 1.807) is 6.33 Å². The maximum atomic E-state index is 5.49. The van der Waals surface area contributed by atoms with Crippen LogP contribution in [0.25, 0.3) is 0 Å². The van der Waals surface area contributed by atoms with Gasteiger partial charge in [-0.2, -0.15) is 0 Å². The summed E-state index contributed by atoms with van der Waals surface area (Å²) < 4.78 is 0. The van der Waals surface area contributed by atoms with Gasteiger partial charge in [0.05, 0.1) is 0 Å². The summed E-state index contributed by atoms with van der Waals surface area (Å²) in [6.07, 6.45) is 4.91. The molecule has 1 aromatic heterocycles. The summed E-state index contributed by atoms with van der Waals surface area (Å²) in [5, 5.41) is 3.29. The van der Waals surface area contributed by atoms with Crippen molar-refractivity contribution in [3.05, 3.63) is 12.4 Å². The second-order valence-corrected chi connectivity index (χ2v) is 4.11. The molecule has 1 rings (SSSR count). The van der Waals surface area contributed by atoms with Crippen molar-refractivity contribution in [1.82, 2.24) is 9.97 Å². The number of rotatable bonds is 8. The fraction of sp³-hybridized carbons (Fsp3) is 0.667. The average Bonchev–Trinajstić information content (AvgIpc) is 2.36. The molecule has 0 aliphatic rings. The van der Waals surface area contributed by atoms with E-state index in [9.17, 15) is 0 Å². The molecule has 17 heavy (non-hydrogen) atoms. The molecule has 0 radical (unpaired) electrons. The van der Waals surface area contributed by atoms with Gasteiger partial charge in [-0.3, -0.25) is 0 Å². The van der Waals surface area contributed by atoms with E-state index in [1.165, 1.54) is 6.42 Å². The van der Waals surface area contributed by atoms with Gasteiger partial charge in [0.15, 0.2) is 0 Å². The topological polar surface area (TPSA) is 67.1 Å². The molecule has 3 N–H and O–H groups in total. The van der Waals surface area contributed by atoms with Gasteiger partial charge in [-0.25, -0.2) is 9.97 Å². The molecule has 0 saturated heterocycles. The van der Waals surface area contributed by atoms with Crippen LogP contribution in [0.1, 0.15) is 26.2 Å².